The zero-order valence-corrected chi connectivity index (χ0v) is 14.5. The average Bonchev–Trinajstić information content (AvgIpc) is 2.58. The molecule has 0 atom stereocenters. The zero-order valence-electron chi connectivity index (χ0n) is 12.9. The minimum absolute atomic E-state index is 0.197. The van der Waals surface area contributed by atoms with Crippen molar-refractivity contribution in [3.63, 3.8) is 0 Å². The smallest absolute Gasteiger partial charge is 0.337 e. The van der Waals surface area contributed by atoms with Crippen LogP contribution in [-0.4, -0.2) is 27.0 Å². The van der Waals surface area contributed by atoms with Crippen molar-refractivity contribution in [1.29, 1.82) is 0 Å². The molecular formula is C17H17BrO5. The number of halogens is 1. The van der Waals surface area contributed by atoms with E-state index in [0.29, 0.717) is 23.7 Å². The topological polar surface area (TPSA) is 54.0 Å². The number of hydrogen-bond acceptors (Lipinski definition) is 5. The van der Waals surface area contributed by atoms with Crippen LogP contribution in [0.2, 0.25) is 0 Å². The quantitative estimate of drug-likeness (QED) is 0.540. The third-order valence-electron chi connectivity index (χ3n) is 3.02. The molecule has 0 radical (unpaired) electrons. The van der Waals surface area contributed by atoms with Gasteiger partial charge in [-0.2, -0.15) is 0 Å². The Labute approximate surface area is 143 Å². The van der Waals surface area contributed by atoms with Gasteiger partial charge in [0, 0.05) is 17.1 Å². The molecule has 23 heavy (non-hydrogen) atoms. The van der Waals surface area contributed by atoms with E-state index in [1.807, 2.05) is 18.2 Å². The Balaban J connectivity index is 2.02. The van der Waals surface area contributed by atoms with Gasteiger partial charge >= 0.3 is 5.97 Å². The molecule has 0 unspecified atom stereocenters. The van der Waals surface area contributed by atoms with E-state index in [-0.39, 0.29) is 6.79 Å². The second kappa shape index (κ2) is 8.55. The minimum atomic E-state index is -0.392. The molecule has 0 N–H and O–H groups in total. The molecule has 0 aliphatic carbocycles. The number of rotatable bonds is 7. The number of benzene rings is 2. The molecule has 2 rings (SSSR count). The fraction of sp³-hybridized carbons (Fsp3) is 0.235. The molecule has 6 heteroatoms. The van der Waals surface area contributed by atoms with Crippen molar-refractivity contribution in [3.05, 3.63) is 58.1 Å². The lowest BCUT2D eigenvalue weighted by atomic mass is 10.2. The van der Waals surface area contributed by atoms with Gasteiger partial charge in [-0.1, -0.05) is 28.1 Å². The van der Waals surface area contributed by atoms with E-state index in [2.05, 4.69) is 15.9 Å². The highest BCUT2D eigenvalue weighted by Crippen LogP contribution is 2.25. The fourth-order valence-corrected chi connectivity index (χ4v) is 2.33. The minimum Gasteiger partial charge on any atom is -0.489 e. The molecule has 2 aromatic carbocycles. The fourth-order valence-electron chi connectivity index (χ4n) is 1.85. The molecular weight excluding hydrogens is 364 g/mol. The summed E-state index contributed by atoms with van der Waals surface area (Å²) >= 11 is 3.49. The summed E-state index contributed by atoms with van der Waals surface area (Å²) in [6.07, 6.45) is 0. The molecule has 0 bridgehead atoms. The van der Waals surface area contributed by atoms with Crippen molar-refractivity contribution in [3.8, 4) is 11.5 Å². The summed E-state index contributed by atoms with van der Waals surface area (Å²) in [4.78, 5) is 11.5. The van der Waals surface area contributed by atoms with Gasteiger partial charge in [0.15, 0.2) is 6.79 Å². The number of carbonyl (C=O) groups excluding carboxylic acids is 1. The summed E-state index contributed by atoms with van der Waals surface area (Å²) in [5.74, 6) is 0.908. The summed E-state index contributed by atoms with van der Waals surface area (Å²) in [6, 6.07) is 12.5. The lowest BCUT2D eigenvalue weighted by molar-refractivity contribution is 0.0510. The van der Waals surface area contributed by atoms with Crippen LogP contribution in [0, 0.1) is 0 Å². The Morgan fingerprint density at radius 1 is 1.04 bits per heavy atom. The Bertz CT molecular complexity index is 672. The molecule has 122 valence electrons. The first-order valence-electron chi connectivity index (χ1n) is 6.85. The van der Waals surface area contributed by atoms with E-state index < -0.39 is 5.97 Å². The van der Waals surface area contributed by atoms with Gasteiger partial charge in [-0.15, -0.1) is 0 Å². The Morgan fingerprint density at radius 2 is 1.83 bits per heavy atom. The second-order valence-electron chi connectivity index (χ2n) is 4.61. The number of ether oxygens (including phenoxy) is 4. The largest absolute Gasteiger partial charge is 0.489 e. The van der Waals surface area contributed by atoms with Crippen molar-refractivity contribution in [2.45, 2.75) is 6.61 Å². The van der Waals surface area contributed by atoms with Crippen molar-refractivity contribution in [1.82, 2.24) is 0 Å². The van der Waals surface area contributed by atoms with Crippen molar-refractivity contribution in [2.75, 3.05) is 21.0 Å². The van der Waals surface area contributed by atoms with Crippen molar-refractivity contribution < 1.29 is 23.7 Å². The molecule has 0 saturated carbocycles. The summed E-state index contributed by atoms with van der Waals surface area (Å²) in [6.45, 7) is 0.554. The standard InChI is InChI=1S/C17H17BrO5/c1-20-11-23-15-7-6-13(16(18)9-15)10-22-14-5-3-4-12(8-14)17(19)21-2/h3-9H,10-11H2,1-2H3. The van der Waals surface area contributed by atoms with Crippen molar-refractivity contribution in [2.24, 2.45) is 0 Å². The SMILES string of the molecule is COCOc1ccc(COc2cccc(C(=O)OC)c2)c(Br)c1. The normalized spacial score (nSPS) is 10.2. The van der Waals surface area contributed by atoms with Crippen LogP contribution in [0.1, 0.15) is 15.9 Å². The van der Waals surface area contributed by atoms with Gasteiger partial charge in [-0.05, 0) is 30.3 Å². The van der Waals surface area contributed by atoms with Gasteiger partial charge in [0.05, 0.1) is 12.7 Å². The highest BCUT2D eigenvalue weighted by Gasteiger charge is 2.07. The predicted molar refractivity (Wildman–Crippen MR) is 88.8 cm³/mol. The number of carbonyl (C=O) groups is 1. The van der Waals surface area contributed by atoms with E-state index in [1.165, 1.54) is 7.11 Å². The molecule has 0 amide bonds. The summed E-state index contributed by atoms with van der Waals surface area (Å²) in [5, 5.41) is 0. The van der Waals surface area contributed by atoms with Crippen LogP contribution >= 0.6 is 15.9 Å². The first kappa shape index (κ1) is 17.3. The number of hydrogen-bond donors (Lipinski definition) is 0. The van der Waals surface area contributed by atoms with Gasteiger partial charge in [-0.25, -0.2) is 4.79 Å². The lowest BCUT2D eigenvalue weighted by Gasteiger charge is -2.11. The zero-order chi connectivity index (χ0) is 16.7. The van der Waals surface area contributed by atoms with E-state index in [4.69, 9.17) is 18.9 Å². The molecule has 0 saturated heterocycles. The first-order valence-corrected chi connectivity index (χ1v) is 7.64. The Kier molecular flexibility index (Phi) is 6.43. The molecule has 0 aliphatic rings. The molecule has 0 aliphatic heterocycles. The van der Waals surface area contributed by atoms with Crippen molar-refractivity contribution >= 4 is 21.9 Å². The highest BCUT2D eigenvalue weighted by molar-refractivity contribution is 9.10. The third kappa shape index (κ3) is 4.97. The molecule has 0 heterocycles. The maximum Gasteiger partial charge on any atom is 0.337 e. The maximum absolute atomic E-state index is 11.5. The van der Waals surface area contributed by atoms with Crippen LogP contribution in [0.5, 0.6) is 11.5 Å². The van der Waals surface area contributed by atoms with Crippen LogP contribution in [0.3, 0.4) is 0 Å². The highest BCUT2D eigenvalue weighted by atomic mass is 79.9. The summed E-state index contributed by atoms with van der Waals surface area (Å²) in [5.41, 5.74) is 1.41. The van der Waals surface area contributed by atoms with Crippen LogP contribution in [0.4, 0.5) is 0 Å². The van der Waals surface area contributed by atoms with Crippen LogP contribution < -0.4 is 9.47 Å². The Morgan fingerprint density at radius 3 is 2.52 bits per heavy atom. The van der Waals surface area contributed by atoms with Crippen LogP contribution in [-0.2, 0) is 16.1 Å². The molecule has 5 nitrogen and oxygen atoms in total. The third-order valence-corrected chi connectivity index (χ3v) is 3.76. The number of esters is 1. The van der Waals surface area contributed by atoms with E-state index in [9.17, 15) is 4.79 Å². The predicted octanol–water partition coefficient (Wildman–Crippen LogP) is 3.80. The van der Waals surface area contributed by atoms with Gasteiger partial charge in [0.2, 0.25) is 0 Å². The Hall–Kier alpha value is -2.05. The van der Waals surface area contributed by atoms with Gasteiger partial charge in [0.25, 0.3) is 0 Å². The summed E-state index contributed by atoms with van der Waals surface area (Å²) < 4.78 is 21.5. The average molecular weight is 381 g/mol. The van der Waals surface area contributed by atoms with E-state index in [1.54, 1.807) is 31.4 Å². The number of methoxy groups -OCH3 is 2. The maximum atomic E-state index is 11.5. The monoisotopic (exact) mass is 380 g/mol. The van der Waals surface area contributed by atoms with Gasteiger partial charge < -0.3 is 18.9 Å². The molecule has 0 aromatic heterocycles. The van der Waals surface area contributed by atoms with Gasteiger partial charge in [0.1, 0.15) is 18.1 Å². The van der Waals surface area contributed by atoms with Gasteiger partial charge in [-0.3, -0.25) is 0 Å². The van der Waals surface area contributed by atoms with E-state index in [0.717, 1.165) is 10.0 Å². The molecule has 2 aromatic rings. The molecule has 0 spiro atoms. The van der Waals surface area contributed by atoms with Crippen LogP contribution in [0.25, 0.3) is 0 Å². The van der Waals surface area contributed by atoms with E-state index >= 15 is 0 Å². The molecule has 0 fully saturated rings. The van der Waals surface area contributed by atoms with Crippen LogP contribution in [0.15, 0.2) is 46.9 Å². The lowest BCUT2D eigenvalue weighted by Crippen LogP contribution is -2.03. The first-order chi connectivity index (χ1) is 11.1. The second-order valence-corrected chi connectivity index (χ2v) is 5.47. The summed E-state index contributed by atoms with van der Waals surface area (Å²) in [7, 11) is 2.92.